The van der Waals surface area contributed by atoms with Gasteiger partial charge in [0.2, 0.25) is 5.78 Å². The highest BCUT2D eigenvalue weighted by atomic mass is 16.4. The Morgan fingerprint density at radius 2 is 1.88 bits per heavy atom. The van der Waals surface area contributed by atoms with Crippen molar-refractivity contribution in [1.82, 2.24) is 4.90 Å². The van der Waals surface area contributed by atoms with Gasteiger partial charge in [-0.25, -0.2) is 4.79 Å². The molecule has 6 heteroatoms. The summed E-state index contributed by atoms with van der Waals surface area (Å²) in [5.74, 6) is -2.60. The third-order valence-electron chi connectivity index (χ3n) is 2.83. The van der Waals surface area contributed by atoms with E-state index in [9.17, 15) is 14.4 Å². The van der Waals surface area contributed by atoms with Crippen molar-refractivity contribution in [2.75, 3.05) is 6.54 Å². The van der Waals surface area contributed by atoms with E-state index in [0.29, 0.717) is 19.4 Å². The van der Waals surface area contributed by atoms with E-state index in [4.69, 9.17) is 10.8 Å². The molecular weight excluding hydrogens is 224 g/mol. The highest BCUT2D eigenvalue weighted by molar-refractivity contribution is 6.39. The molecule has 0 aromatic carbocycles. The average molecular weight is 242 g/mol. The van der Waals surface area contributed by atoms with Gasteiger partial charge in [-0.1, -0.05) is 0 Å². The Kier molecular flexibility index (Phi) is 3.87. The third-order valence-corrected chi connectivity index (χ3v) is 2.83. The molecule has 17 heavy (non-hydrogen) atoms. The van der Waals surface area contributed by atoms with Gasteiger partial charge in [-0.15, -0.1) is 0 Å². The molecule has 0 aliphatic carbocycles. The second-order valence-corrected chi connectivity index (χ2v) is 4.90. The minimum absolute atomic E-state index is 0.303. The molecule has 0 aromatic heterocycles. The number of nitrogens with two attached hydrogens (primary N) is 1. The first-order valence-corrected chi connectivity index (χ1v) is 5.62. The van der Waals surface area contributed by atoms with Gasteiger partial charge < -0.3 is 15.7 Å². The van der Waals surface area contributed by atoms with Crippen molar-refractivity contribution in [1.29, 1.82) is 0 Å². The van der Waals surface area contributed by atoms with E-state index < -0.39 is 29.2 Å². The standard InChI is InChI=1S/C11H18N2O4/c1-11(2,12)8(14)9(15)13-6-4-3-5-7(13)10(16)17/h7H,3-6,12H2,1-2H3,(H,16,17). The lowest BCUT2D eigenvalue weighted by molar-refractivity contribution is -0.156. The zero-order chi connectivity index (χ0) is 13.2. The summed E-state index contributed by atoms with van der Waals surface area (Å²) in [5.41, 5.74) is 4.30. The van der Waals surface area contributed by atoms with Gasteiger partial charge in [-0.2, -0.15) is 0 Å². The maximum absolute atomic E-state index is 11.9. The first-order valence-electron chi connectivity index (χ1n) is 5.62. The molecule has 6 nitrogen and oxygen atoms in total. The van der Waals surface area contributed by atoms with Crippen molar-refractivity contribution in [3.63, 3.8) is 0 Å². The van der Waals surface area contributed by atoms with Crippen LogP contribution in [0.3, 0.4) is 0 Å². The zero-order valence-corrected chi connectivity index (χ0v) is 10.1. The molecule has 0 bridgehead atoms. The van der Waals surface area contributed by atoms with Gasteiger partial charge in [-0.05, 0) is 33.1 Å². The molecule has 1 fully saturated rings. The number of Topliss-reactive ketones (excluding diaryl/α,β-unsaturated/α-hetero) is 1. The van der Waals surface area contributed by atoms with Crippen LogP contribution < -0.4 is 5.73 Å². The average Bonchev–Trinajstić information content (AvgIpc) is 2.25. The SMILES string of the molecule is CC(C)(N)C(=O)C(=O)N1CCCCC1C(=O)O. The maximum atomic E-state index is 11.9. The number of carbonyl (C=O) groups is 3. The van der Waals surface area contributed by atoms with Gasteiger partial charge in [0.25, 0.3) is 5.91 Å². The monoisotopic (exact) mass is 242 g/mol. The summed E-state index contributed by atoms with van der Waals surface area (Å²) < 4.78 is 0. The topological polar surface area (TPSA) is 101 Å². The van der Waals surface area contributed by atoms with E-state index in [1.807, 2.05) is 0 Å². The van der Waals surface area contributed by atoms with Crippen LogP contribution in [0.2, 0.25) is 0 Å². The smallest absolute Gasteiger partial charge is 0.326 e. The fraction of sp³-hybridized carbons (Fsp3) is 0.727. The lowest BCUT2D eigenvalue weighted by Gasteiger charge is -2.33. The summed E-state index contributed by atoms with van der Waals surface area (Å²) >= 11 is 0. The molecule has 1 aliphatic heterocycles. The lowest BCUT2D eigenvalue weighted by atomic mass is 9.96. The van der Waals surface area contributed by atoms with E-state index in [0.717, 1.165) is 11.3 Å². The second kappa shape index (κ2) is 4.83. The van der Waals surface area contributed by atoms with Gasteiger partial charge >= 0.3 is 5.97 Å². The number of carbonyl (C=O) groups excluding carboxylic acids is 2. The Labute approximate surface area is 99.8 Å². The highest BCUT2D eigenvalue weighted by Gasteiger charge is 2.38. The van der Waals surface area contributed by atoms with Crippen LogP contribution in [0.5, 0.6) is 0 Å². The molecule has 1 aliphatic rings. The summed E-state index contributed by atoms with van der Waals surface area (Å²) in [6, 6.07) is -0.900. The molecule has 1 saturated heterocycles. The van der Waals surface area contributed by atoms with Crippen LogP contribution >= 0.6 is 0 Å². The van der Waals surface area contributed by atoms with Crippen LogP contribution in [0.4, 0.5) is 0 Å². The van der Waals surface area contributed by atoms with Gasteiger partial charge in [0.05, 0.1) is 5.54 Å². The highest BCUT2D eigenvalue weighted by Crippen LogP contribution is 2.18. The van der Waals surface area contributed by atoms with Crippen LogP contribution in [-0.2, 0) is 14.4 Å². The number of likely N-dealkylation sites (tertiary alicyclic amines) is 1. The Balaban J connectivity index is 2.86. The van der Waals surface area contributed by atoms with Crippen molar-refractivity contribution in [3.8, 4) is 0 Å². The number of carboxylic acid groups (broad SMARTS) is 1. The Morgan fingerprint density at radius 1 is 1.29 bits per heavy atom. The predicted molar refractivity (Wildman–Crippen MR) is 60.3 cm³/mol. The van der Waals surface area contributed by atoms with Crippen molar-refractivity contribution in [2.24, 2.45) is 5.73 Å². The molecule has 3 N–H and O–H groups in total. The van der Waals surface area contributed by atoms with Crippen LogP contribution in [-0.4, -0.2) is 45.8 Å². The molecule has 0 spiro atoms. The molecule has 0 saturated carbocycles. The van der Waals surface area contributed by atoms with Gasteiger partial charge in [0.15, 0.2) is 0 Å². The maximum Gasteiger partial charge on any atom is 0.326 e. The number of ketones is 1. The number of carboxylic acids is 1. The van der Waals surface area contributed by atoms with Crippen LogP contribution in [0.15, 0.2) is 0 Å². The molecule has 1 rings (SSSR count). The Morgan fingerprint density at radius 3 is 2.35 bits per heavy atom. The summed E-state index contributed by atoms with van der Waals surface area (Å²) in [5, 5.41) is 9.01. The fourth-order valence-electron chi connectivity index (χ4n) is 1.84. The first-order chi connectivity index (χ1) is 7.75. The zero-order valence-electron chi connectivity index (χ0n) is 10.1. The Hall–Kier alpha value is -1.43. The predicted octanol–water partition coefficient (Wildman–Crippen LogP) is -0.241. The molecule has 1 amide bonds. The number of hydrogen-bond donors (Lipinski definition) is 2. The van der Waals surface area contributed by atoms with E-state index in [2.05, 4.69) is 0 Å². The van der Waals surface area contributed by atoms with Crippen molar-refractivity contribution in [2.45, 2.75) is 44.7 Å². The fourth-order valence-corrected chi connectivity index (χ4v) is 1.84. The number of rotatable bonds is 3. The molecule has 1 atom stereocenters. The largest absolute Gasteiger partial charge is 0.480 e. The van der Waals surface area contributed by atoms with E-state index in [1.54, 1.807) is 0 Å². The lowest BCUT2D eigenvalue weighted by Crippen LogP contribution is -2.56. The minimum atomic E-state index is -1.27. The van der Waals surface area contributed by atoms with E-state index in [-0.39, 0.29) is 0 Å². The number of nitrogens with zero attached hydrogens (tertiary/aromatic N) is 1. The second-order valence-electron chi connectivity index (χ2n) is 4.90. The molecule has 1 heterocycles. The van der Waals surface area contributed by atoms with Crippen LogP contribution in [0.1, 0.15) is 33.1 Å². The minimum Gasteiger partial charge on any atom is -0.480 e. The van der Waals surface area contributed by atoms with Gasteiger partial charge in [0, 0.05) is 6.54 Å². The number of aliphatic carboxylic acids is 1. The number of piperidine rings is 1. The summed E-state index contributed by atoms with van der Waals surface area (Å²) in [7, 11) is 0. The van der Waals surface area contributed by atoms with Crippen molar-refractivity contribution < 1.29 is 19.5 Å². The third kappa shape index (κ3) is 3.03. The molecule has 1 unspecified atom stereocenters. The normalized spacial score (nSPS) is 21.1. The van der Waals surface area contributed by atoms with Gasteiger partial charge in [-0.3, -0.25) is 9.59 Å². The molecular formula is C11H18N2O4. The molecule has 0 aromatic rings. The summed E-state index contributed by atoms with van der Waals surface area (Å²) in [4.78, 5) is 35.7. The van der Waals surface area contributed by atoms with Crippen LogP contribution in [0.25, 0.3) is 0 Å². The summed E-state index contributed by atoms with van der Waals surface area (Å²) in [6.45, 7) is 3.18. The first kappa shape index (κ1) is 13.6. The number of hydrogen-bond acceptors (Lipinski definition) is 4. The van der Waals surface area contributed by atoms with Gasteiger partial charge in [0.1, 0.15) is 6.04 Å². The number of amides is 1. The van der Waals surface area contributed by atoms with Crippen molar-refractivity contribution >= 4 is 17.7 Å². The van der Waals surface area contributed by atoms with E-state index in [1.165, 1.54) is 13.8 Å². The van der Waals surface area contributed by atoms with Crippen LogP contribution in [0, 0.1) is 0 Å². The van der Waals surface area contributed by atoms with E-state index >= 15 is 0 Å². The quantitative estimate of drug-likeness (QED) is 0.665. The molecule has 96 valence electrons. The van der Waals surface area contributed by atoms with Crippen molar-refractivity contribution in [3.05, 3.63) is 0 Å². The Bertz CT molecular complexity index is 346. The molecule has 0 radical (unpaired) electrons. The summed E-state index contributed by atoms with van der Waals surface area (Å²) in [6.07, 6.45) is 1.86.